The molecule has 0 heterocycles. The van der Waals surface area contributed by atoms with Crippen molar-refractivity contribution in [2.24, 2.45) is 0 Å². The molecule has 0 aliphatic heterocycles. The van der Waals surface area contributed by atoms with Crippen LogP contribution in [0.1, 0.15) is 19.4 Å². The molecule has 0 radical (unpaired) electrons. The average Bonchev–Trinajstić information content (AvgIpc) is 2.62. The van der Waals surface area contributed by atoms with Crippen LogP contribution in [0, 0.1) is 0 Å². The van der Waals surface area contributed by atoms with Gasteiger partial charge in [-0.05, 0) is 38.1 Å². The second-order valence-electron chi connectivity index (χ2n) is 5.22. The molecule has 0 saturated heterocycles. The molecule has 5 nitrogen and oxygen atoms in total. The van der Waals surface area contributed by atoms with Gasteiger partial charge in [0, 0.05) is 22.4 Å². The van der Waals surface area contributed by atoms with Crippen LogP contribution in [-0.4, -0.2) is 21.6 Å². The summed E-state index contributed by atoms with van der Waals surface area (Å²) in [5.41, 5.74) is 0.545. The zero-order chi connectivity index (χ0) is 19.9. The predicted octanol–water partition coefficient (Wildman–Crippen LogP) is 5.43. The lowest BCUT2D eigenvalue weighted by molar-refractivity contribution is 0.210. The average molecular weight is 447 g/mol. The van der Waals surface area contributed by atoms with Gasteiger partial charge in [0.1, 0.15) is 5.76 Å². The SMILES string of the molecule is CCOP(=S)(OCC)O/C(=C/S(=O)(=O)c1ccc(Cl)cc1)c1ccccc1. The van der Waals surface area contributed by atoms with Crippen molar-refractivity contribution in [1.82, 2.24) is 0 Å². The highest BCUT2D eigenvalue weighted by molar-refractivity contribution is 8.07. The first-order valence-corrected chi connectivity index (χ1v) is 12.6. The first-order valence-electron chi connectivity index (χ1n) is 8.16. The van der Waals surface area contributed by atoms with Crippen LogP contribution < -0.4 is 0 Å². The second-order valence-corrected chi connectivity index (χ2v) is 10.4. The third-order valence-corrected chi connectivity index (χ3v) is 7.38. The minimum atomic E-state index is -3.81. The van der Waals surface area contributed by atoms with Gasteiger partial charge in [-0.2, -0.15) is 0 Å². The third kappa shape index (κ3) is 6.42. The minimum absolute atomic E-state index is 0.0655. The second kappa shape index (κ2) is 9.82. The molecule has 2 aromatic rings. The van der Waals surface area contributed by atoms with Gasteiger partial charge in [0.05, 0.1) is 23.5 Å². The van der Waals surface area contributed by atoms with E-state index in [1.807, 2.05) is 6.07 Å². The third-order valence-electron chi connectivity index (χ3n) is 3.25. The molecule has 0 spiro atoms. The van der Waals surface area contributed by atoms with Crippen LogP contribution in [0.25, 0.3) is 5.76 Å². The molecule has 0 saturated carbocycles. The summed E-state index contributed by atoms with van der Waals surface area (Å²) >= 11 is 11.2. The van der Waals surface area contributed by atoms with Gasteiger partial charge >= 0.3 is 6.72 Å². The minimum Gasteiger partial charge on any atom is -0.423 e. The summed E-state index contributed by atoms with van der Waals surface area (Å²) in [4.78, 5) is 0.0880. The van der Waals surface area contributed by atoms with Crippen molar-refractivity contribution in [2.75, 3.05) is 13.2 Å². The van der Waals surface area contributed by atoms with E-state index >= 15 is 0 Å². The van der Waals surface area contributed by atoms with E-state index in [1.54, 1.807) is 38.1 Å². The molecule has 0 bridgehead atoms. The zero-order valence-electron chi connectivity index (χ0n) is 14.9. The number of hydrogen-bond acceptors (Lipinski definition) is 6. The van der Waals surface area contributed by atoms with Gasteiger partial charge in [0.15, 0.2) is 0 Å². The Kier molecular flexibility index (Phi) is 8.04. The maximum absolute atomic E-state index is 12.8. The van der Waals surface area contributed by atoms with E-state index in [-0.39, 0.29) is 23.9 Å². The molecule has 0 fully saturated rings. The number of benzene rings is 2. The molecule has 146 valence electrons. The van der Waals surface area contributed by atoms with E-state index in [1.165, 1.54) is 24.3 Å². The van der Waals surface area contributed by atoms with E-state index in [9.17, 15) is 8.42 Å². The highest BCUT2D eigenvalue weighted by Crippen LogP contribution is 2.53. The van der Waals surface area contributed by atoms with Crippen LogP contribution >= 0.6 is 18.3 Å². The molecule has 0 aliphatic carbocycles. The lowest BCUT2D eigenvalue weighted by Gasteiger charge is -2.22. The van der Waals surface area contributed by atoms with Crippen LogP contribution in [0.3, 0.4) is 0 Å². The Hall–Kier alpha value is -1.21. The molecule has 0 amide bonds. The monoisotopic (exact) mass is 446 g/mol. The van der Waals surface area contributed by atoms with E-state index in [0.29, 0.717) is 10.6 Å². The van der Waals surface area contributed by atoms with Crippen LogP contribution in [0.2, 0.25) is 5.02 Å². The Bertz CT molecular complexity index is 918. The first kappa shape index (κ1) is 22.1. The fourth-order valence-electron chi connectivity index (χ4n) is 2.10. The van der Waals surface area contributed by atoms with Crippen molar-refractivity contribution in [2.45, 2.75) is 18.7 Å². The quantitative estimate of drug-likeness (QED) is 0.378. The Morgan fingerprint density at radius 1 is 1.04 bits per heavy atom. The van der Waals surface area contributed by atoms with Crippen LogP contribution in [0.15, 0.2) is 64.9 Å². The molecule has 0 atom stereocenters. The van der Waals surface area contributed by atoms with Gasteiger partial charge < -0.3 is 4.52 Å². The smallest absolute Gasteiger partial charge is 0.380 e. The van der Waals surface area contributed by atoms with Gasteiger partial charge in [-0.1, -0.05) is 41.9 Å². The molecular formula is C18H20ClO5PS2. The molecule has 0 aliphatic rings. The summed E-state index contributed by atoms with van der Waals surface area (Å²) in [7, 11) is -3.81. The van der Waals surface area contributed by atoms with Gasteiger partial charge in [0.25, 0.3) is 0 Å². The van der Waals surface area contributed by atoms with Crippen LogP contribution in [0.4, 0.5) is 0 Å². The fraction of sp³-hybridized carbons (Fsp3) is 0.222. The van der Waals surface area contributed by atoms with E-state index in [2.05, 4.69) is 0 Å². The molecular weight excluding hydrogens is 427 g/mol. The molecule has 0 aromatic heterocycles. The summed E-state index contributed by atoms with van der Waals surface area (Å²) in [6, 6.07) is 14.7. The van der Waals surface area contributed by atoms with Crippen LogP contribution in [0.5, 0.6) is 0 Å². The molecule has 27 heavy (non-hydrogen) atoms. The maximum atomic E-state index is 12.8. The lowest BCUT2D eigenvalue weighted by Crippen LogP contribution is -2.03. The lowest BCUT2D eigenvalue weighted by atomic mass is 10.2. The number of rotatable bonds is 9. The standard InChI is InChI=1S/C18H20ClO5PS2/c1-3-22-25(26,23-4-2)24-18(15-8-6-5-7-9-15)14-27(20,21)17-12-10-16(19)11-13-17/h5-14H,3-4H2,1-2H3/b18-14+. The predicted molar refractivity (Wildman–Crippen MR) is 112 cm³/mol. The number of hydrogen-bond donors (Lipinski definition) is 0. The van der Waals surface area contributed by atoms with Crippen molar-refractivity contribution in [3.8, 4) is 0 Å². The summed E-state index contributed by atoms with van der Waals surface area (Å²) in [6.07, 6.45) is 0. The van der Waals surface area contributed by atoms with Gasteiger partial charge in [0.2, 0.25) is 9.84 Å². The van der Waals surface area contributed by atoms with Gasteiger partial charge in [-0.25, -0.2) is 8.42 Å². The summed E-state index contributed by atoms with van der Waals surface area (Å²) < 4.78 is 42.4. The molecule has 0 unspecified atom stereocenters. The highest BCUT2D eigenvalue weighted by atomic mass is 35.5. The van der Waals surface area contributed by atoms with E-state index in [0.717, 1.165) is 5.41 Å². The summed E-state index contributed by atoms with van der Waals surface area (Å²) in [5.74, 6) is 0.0655. The van der Waals surface area contributed by atoms with Crippen molar-refractivity contribution >= 4 is 45.7 Å². The van der Waals surface area contributed by atoms with Crippen molar-refractivity contribution in [3.05, 3.63) is 70.6 Å². The van der Waals surface area contributed by atoms with Crippen molar-refractivity contribution in [3.63, 3.8) is 0 Å². The van der Waals surface area contributed by atoms with Gasteiger partial charge in [-0.3, -0.25) is 9.05 Å². The first-order chi connectivity index (χ1) is 12.8. The molecule has 2 rings (SSSR count). The van der Waals surface area contributed by atoms with E-state index in [4.69, 9.17) is 37.0 Å². The summed E-state index contributed by atoms with van der Waals surface area (Å²) in [5, 5.41) is 1.48. The van der Waals surface area contributed by atoms with Crippen LogP contribution in [-0.2, 0) is 35.2 Å². The molecule has 2 aromatic carbocycles. The highest BCUT2D eigenvalue weighted by Gasteiger charge is 2.25. The normalized spacial score (nSPS) is 12.8. The Morgan fingerprint density at radius 3 is 2.11 bits per heavy atom. The van der Waals surface area contributed by atoms with Crippen molar-refractivity contribution in [1.29, 1.82) is 0 Å². The Morgan fingerprint density at radius 2 is 1.59 bits per heavy atom. The van der Waals surface area contributed by atoms with Crippen molar-refractivity contribution < 1.29 is 22.0 Å². The summed E-state index contributed by atoms with van der Waals surface area (Å²) in [6.45, 7) is 0.943. The largest absolute Gasteiger partial charge is 0.423 e. The maximum Gasteiger partial charge on any atom is 0.380 e. The fourth-order valence-corrected chi connectivity index (χ4v) is 5.50. The Labute approximate surface area is 170 Å². The topological polar surface area (TPSA) is 61.8 Å². The van der Waals surface area contributed by atoms with Gasteiger partial charge in [-0.15, -0.1) is 0 Å². The number of sulfone groups is 1. The number of halogens is 1. The molecule has 0 N–H and O–H groups in total. The van der Waals surface area contributed by atoms with E-state index < -0.39 is 16.6 Å². The zero-order valence-corrected chi connectivity index (χ0v) is 18.2. The molecule has 9 heteroatoms. The Balaban J connectivity index is 2.51.